The van der Waals surface area contributed by atoms with E-state index in [0.717, 1.165) is 18.6 Å². The molecule has 9 heteroatoms. The Morgan fingerprint density at radius 1 is 0.812 bits per heavy atom. The van der Waals surface area contributed by atoms with E-state index in [1.54, 1.807) is 30.3 Å². The van der Waals surface area contributed by atoms with Gasteiger partial charge in [-0.3, -0.25) is 9.11 Å². The zero-order valence-corrected chi connectivity index (χ0v) is 19.1. The summed E-state index contributed by atoms with van der Waals surface area (Å²) in [6.45, 7) is 3.06. The molecule has 2 atom stereocenters. The summed E-state index contributed by atoms with van der Waals surface area (Å²) in [5.41, 5.74) is 1.23. The second-order valence-corrected chi connectivity index (χ2v) is 10.5. The molecular formula is C23H24O7S2. The molecule has 0 radical (unpaired) electrons. The van der Waals surface area contributed by atoms with Gasteiger partial charge in [0.15, 0.2) is 0 Å². The predicted octanol–water partition coefficient (Wildman–Crippen LogP) is 4.52. The molecule has 0 saturated heterocycles. The number of hydrogen-bond acceptors (Lipinski definition) is 5. The minimum atomic E-state index is -4.99. The van der Waals surface area contributed by atoms with Crippen LogP contribution in [-0.4, -0.2) is 31.0 Å². The van der Waals surface area contributed by atoms with Gasteiger partial charge in [0.1, 0.15) is 10.6 Å². The van der Waals surface area contributed by atoms with E-state index in [2.05, 4.69) is 0 Å². The van der Waals surface area contributed by atoms with Crippen LogP contribution < -0.4 is 0 Å². The zero-order valence-electron chi connectivity index (χ0n) is 17.5. The van der Waals surface area contributed by atoms with E-state index >= 15 is 0 Å². The lowest BCUT2D eigenvalue weighted by Crippen LogP contribution is -2.13. The lowest BCUT2D eigenvalue weighted by Gasteiger charge is -2.25. The van der Waals surface area contributed by atoms with Crippen LogP contribution in [0.25, 0.3) is 0 Å². The third-order valence-corrected chi connectivity index (χ3v) is 7.55. The fraction of sp³-hybridized carbons (Fsp3) is 0.217. The van der Waals surface area contributed by atoms with Crippen LogP contribution >= 0.6 is 0 Å². The minimum absolute atomic E-state index is 0.0233. The van der Waals surface area contributed by atoms with E-state index in [0.29, 0.717) is 12.0 Å². The van der Waals surface area contributed by atoms with Gasteiger partial charge < -0.3 is 5.11 Å². The van der Waals surface area contributed by atoms with Gasteiger partial charge in [0.2, 0.25) is 0 Å². The van der Waals surface area contributed by atoms with E-state index < -0.39 is 47.3 Å². The molecule has 32 heavy (non-hydrogen) atoms. The second-order valence-electron chi connectivity index (χ2n) is 7.73. The van der Waals surface area contributed by atoms with Crippen LogP contribution in [0.4, 0.5) is 0 Å². The fourth-order valence-corrected chi connectivity index (χ4v) is 5.68. The largest absolute Gasteiger partial charge is 0.506 e. The van der Waals surface area contributed by atoms with Crippen LogP contribution in [0.1, 0.15) is 47.4 Å². The average Bonchev–Trinajstić information content (AvgIpc) is 2.72. The number of benzene rings is 3. The SMILES string of the molecule is Cc1c(S(=O)(=O)O)cc(C(CC(C)c2ccccc2)c2ccccc2)c(O)c1S(=O)(=O)O. The molecule has 3 aromatic rings. The first kappa shape index (κ1) is 23.9. The summed E-state index contributed by atoms with van der Waals surface area (Å²) < 4.78 is 67.5. The molecular weight excluding hydrogens is 452 g/mol. The van der Waals surface area contributed by atoms with E-state index in [1.807, 2.05) is 37.3 Å². The standard InChI is InChI=1S/C23H24O7S2/c1-15(17-9-5-3-6-10-17)13-19(18-11-7-4-8-12-18)20-14-21(31(25,26)27)16(2)23(22(20)24)32(28,29)30/h3-12,14-15,19,24H,13H2,1-2H3,(H,25,26,27)(H,28,29,30). The quantitative estimate of drug-likeness (QED) is 0.428. The maximum atomic E-state index is 12.0. The van der Waals surface area contributed by atoms with Gasteiger partial charge in [0.25, 0.3) is 20.2 Å². The van der Waals surface area contributed by atoms with Crippen molar-refractivity contribution in [2.24, 2.45) is 0 Å². The molecule has 0 aromatic heterocycles. The molecule has 0 saturated carbocycles. The first-order valence-electron chi connectivity index (χ1n) is 9.82. The number of phenols is 1. The van der Waals surface area contributed by atoms with Crippen LogP contribution in [0.15, 0.2) is 76.5 Å². The fourth-order valence-electron chi connectivity index (χ4n) is 3.99. The highest BCUT2D eigenvalue weighted by Crippen LogP contribution is 2.44. The molecule has 7 nitrogen and oxygen atoms in total. The Hall–Kier alpha value is -2.72. The molecule has 0 aliphatic rings. The molecule has 0 spiro atoms. The average molecular weight is 477 g/mol. The van der Waals surface area contributed by atoms with Crippen molar-refractivity contribution in [2.75, 3.05) is 0 Å². The van der Waals surface area contributed by atoms with Gasteiger partial charge in [-0.15, -0.1) is 0 Å². The first-order valence-corrected chi connectivity index (χ1v) is 12.7. The number of hydrogen-bond donors (Lipinski definition) is 3. The Morgan fingerprint density at radius 3 is 1.78 bits per heavy atom. The maximum absolute atomic E-state index is 12.0. The Balaban J connectivity index is 2.29. The molecule has 0 aliphatic carbocycles. The Labute approximate surface area is 187 Å². The summed E-state index contributed by atoms with van der Waals surface area (Å²) in [5, 5.41) is 10.9. The lowest BCUT2D eigenvalue weighted by molar-refractivity contribution is 0.429. The molecule has 2 unspecified atom stereocenters. The summed E-state index contributed by atoms with van der Waals surface area (Å²) in [6.07, 6.45) is 0.389. The molecule has 170 valence electrons. The molecule has 3 aromatic carbocycles. The highest BCUT2D eigenvalue weighted by Gasteiger charge is 2.32. The summed E-state index contributed by atoms with van der Waals surface area (Å²) in [7, 11) is -9.83. The van der Waals surface area contributed by atoms with Gasteiger partial charge >= 0.3 is 0 Å². The molecule has 0 fully saturated rings. The van der Waals surface area contributed by atoms with Crippen molar-refractivity contribution < 1.29 is 31.0 Å². The Bertz CT molecular complexity index is 1320. The van der Waals surface area contributed by atoms with Crippen molar-refractivity contribution >= 4 is 20.2 Å². The van der Waals surface area contributed by atoms with Crippen molar-refractivity contribution in [1.82, 2.24) is 0 Å². The summed E-state index contributed by atoms with van der Waals surface area (Å²) in [6, 6.07) is 19.5. The lowest BCUT2D eigenvalue weighted by atomic mass is 9.81. The third kappa shape index (κ3) is 5.02. The van der Waals surface area contributed by atoms with E-state index in [-0.39, 0.29) is 11.5 Å². The highest BCUT2D eigenvalue weighted by molar-refractivity contribution is 7.86. The van der Waals surface area contributed by atoms with Crippen LogP contribution in [0.2, 0.25) is 0 Å². The van der Waals surface area contributed by atoms with Crippen molar-refractivity contribution in [3.8, 4) is 5.75 Å². The van der Waals surface area contributed by atoms with Gasteiger partial charge in [-0.25, -0.2) is 0 Å². The topological polar surface area (TPSA) is 129 Å². The number of rotatable bonds is 7. The van der Waals surface area contributed by atoms with Crippen molar-refractivity contribution in [3.05, 3.63) is 89.0 Å². The van der Waals surface area contributed by atoms with Gasteiger partial charge in [-0.2, -0.15) is 16.8 Å². The molecule has 0 amide bonds. The highest BCUT2D eigenvalue weighted by atomic mass is 32.2. The Kier molecular flexibility index (Phi) is 6.75. The summed E-state index contributed by atoms with van der Waals surface area (Å²) >= 11 is 0. The normalized spacial score (nSPS) is 14.1. The van der Waals surface area contributed by atoms with Gasteiger partial charge in [0, 0.05) is 11.5 Å². The van der Waals surface area contributed by atoms with Gasteiger partial charge in [-0.05, 0) is 42.0 Å². The van der Waals surface area contributed by atoms with Crippen LogP contribution in [-0.2, 0) is 20.2 Å². The van der Waals surface area contributed by atoms with E-state index in [1.165, 1.54) is 0 Å². The predicted molar refractivity (Wildman–Crippen MR) is 120 cm³/mol. The zero-order chi connectivity index (χ0) is 23.7. The summed E-state index contributed by atoms with van der Waals surface area (Å²) in [5.74, 6) is -1.43. The van der Waals surface area contributed by atoms with Crippen molar-refractivity contribution in [2.45, 2.75) is 41.9 Å². The number of aromatic hydroxyl groups is 1. The van der Waals surface area contributed by atoms with Crippen LogP contribution in [0, 0.1) is 6.92 Å². The minimum Gasteiger partial charge on any atom is -0.506 e. The van der Waals surface area contributed by atoms with E-state index in [9.17, 15) is 31.0 Å². The maximum Gasteiger partial charge on any atom is 0.298 e. The first-order chi connectivity index (χ1) is 14.9. The van der Waals surface area contributed by atoms with Gasteiger partial charge in [-0.1, -0.05) is 67.6 Å². The third-order valence-electron chi connectivity index (χ3n) is 5.56. The molecule has 3 rings (SSSR count). The van der Waals surface area contributed by atoms with Crippen molar-refractivity contribution in [3.63, 3.8) is 0 Å². The smallest absolute Gasteiger partial charge is 0.298 e. The monoisotopic (exact) mass is 476 g/mol. The molecule has 0 bridgehead atoms. The van der Waals surface area contributed by atoms with Crippen molar-refractivity contribution in [1.29, 1.82) is 0 Å². The molecule has 0 heterocycles. The van der Waals surface area contributed by atoms with Crippen LogP contribution in [0.5, 0.6) is 5.75 Å². The molecule has 0 aliphatic heterocycles. The van der Waals surface area contributed by atoms with Gasteiger partial charge in [0.05, 0.1) is 4.90 Å². The van der Waals surface area contributed by atoms with E-state index in [4.69, 9.17) is 0 Å². The van der Waals surface area contributed by atoms with Crippen LogP contribution in [0.3, 0.4) is 0 Å². The number of phenolic OH excluding ortho intramolecular Hbond substituents is 1. The Morgan fingerprint density at radius 2 is 1.31 bits per heavy atom. The summed E-state index contributed by atoms with van der Waals surface area (Å²) in [4.78, 5) is -1.62. The molecule has 3 N–H and O–H groups in total. The second kappa shape index (κ2) is 9.03.